The van der Waals surface area contributed by atoms with Crippen molar-refractivity contribution in [2.24, 2.45) is 0 Å². The SMILES string of the molecule is Cc1cc(OC(C)C(=O)Nc2ccc([N+](=O)[O-])cc2)ccc1C(C)C. The smallest absolute Gasteiger partial charge is 0.269 e. The number of hydrogen-bond acceptors (Lipinski definition) is 4. The number of non-ortho nitro benzene ring substituents is 1. The predicted molar refractivity (Wildman–Crippen MR) is 97.1 cm³/mol. The number of hydrogen-bond donors (Lipinski definition) is 1. The Balaban J connectivity index is 2.00. The number of nitrogens with one attached hydrogen (secondary N) is 1. The second-order valence-corrected chi connectivity index (χ2v) is 6.23. The molecule has 0 bridgehead atoms. The average Bonchev–Trinajstić information content (AvgIpc) is 2.55. The van der Waals surface area contributed by atoms with Gasteiger partial charge in [-0.3, -0.25) is 14.9 Å². The average molecular weight is 342 g/mol. The third kappa shape index (κ3) is 4.79. The molecule has 2 rings (SSSR count). The minimum Gasteiger partial charge on any atom is -0.481 e. The van der Waals surface area contributed by atoms with E-state index in [-0.39, 0.29) is 11.6 Å². The zero-order valence-electron chi connectivity index (χ0n) is 14.8. The van der Waals surface area contributed by atoms with Gasteiger partial charge < -0.3 is 10.1 Å². The molecule has 0 aliphatic carbocycles. The van der Waals surface area contributed by atoms with E-state index in [0.717, 1.165) is 5.56 Å². The molecule has 2 aromatic carbocycles. The fraction of sp³-hybridized carbons (Fsp3) is 0.316. The number of carbonyl (C=O) groups is 1. The molecule has 0 saturated heterocycles. The molecule has 0 spiro atoms. The molecule has 132 valence electrons. The Morgan fingerprint density at radius 1 is 1.12 bits per heavy atom. The van der Waals surface area contributed by atoms with E-state index in [9.17, 15) is 14.9 Å². The Kier molecular flexibility index (Phi) is 5.75. The topological polar surface area (TPSA) is 81.5 Å². The van der Waals surface area contributed by atoms with Crippen LogP contribution in [0.3, 0.4) is 0 Å². The van der Waals surface area contributed by atoms with Crippen molar-refractivity contribution in [1.29, 1.82) is 0 Å². The summed E-state index contributed by atoms with van der Waals surface area (Å²) in [6, 6.07) is 11.5. The monoisotopic (exact) mass is 342 g/mol. The highest BCUT2D eigenvalue weighted by Gasteiger charge is 2.16. The summed E-state index contributed by atoms with van der Waals surface area (Å²) >= 11 is 0. The van der Waals surface area contributed by atoms with Gasteiger partial charge in [-0.1, -0.05) is 19.9 Å². The standard InChI is InChI=1S/C19H22N2O4/c1-12(2)18-10-9-17(11-13(18)3)25-14(4)19(22)20-15-5-7-16(8-6-15)21(23)24/h5-12,14H,1-4H3,(H,20,22). The minimum atomic E-state index is -0.695. The zero-order valence-corrected chi connectivity index (χ0v) is 14.8. The summed E-state index contributed by atoms with van der Waals surface area (Å²) in [6.07, 6.45) is -0.695. The third-order valence-electron chi connectivity index (χ3n) is 3.89. The van der Waals surface area contributed by atoms with Crippen molar-refractivity contribution in [3.63, 3.8) is 0 Å². The number of anilines is 1. The predicted octanol–water partition coefficient (Wildman–Crippen LogP) is 4.43. The first kappa shape index (κ1) is 18.4. The molecule has 1 unspecified atom stereocenters. The third-order valence-corrected chi connectivity index (χ3v) is 3.89. The molecule has 1 atom stereocenters. The van der Waals surface area contributed by atoms with E-state index < -0.39 is 11.0 Å². The van der Waals surface area contributed by atoms with Crippen LogP contribution in [-0.4, -0.2) is 16.9 Å². The maximum atomic E-state index is 12.2. The Labute approximate surface area is 147 Å². The van der Waals surface area contributed by atoms with Gasteiger partial charge in [0, 0.05) is 17.8 Å². The lowest BCUT2D eigenvalue weighted by Crippen LogP contribution is -2.30. The second-order valence-electron chi connectivity index (χ2n) is 6.23. The summed E-state index contributed by atoms with van der Waals surface area (Å²) in [6.45, 7) is 7.93. The van der Waals surface area contributed by atoms with E-state index in [4.69, 9.17) is 4.74 Å². The van der Waals surface area contributed by atoms with Crippen LogP contribution < -0.4 is 10.1 Å². The van der Waals surface area contributed by atoms with Crippen LogP contribution in [0.5, 0.6) is 5.75 Å². The molecule has 0 aliphatic heterocycles. The maximum Gasteiger partial charge on any atom is 0.269 e. The van der Waals surface area contributed by atoms with Crippen LogP contribution >= 0.6 is 0 Å². The molecule has 2 aromatic rings. The van der Waals surface area contributed by atoms with Crippen molar-refractivity contribution in [3.8, 4) is 5.75 Å². The molecule has 0 saturated carbocycles. The molecule has 0 heterocycles. The van der Waals surface area contributed by atoms with Gasteiger partial charge in [-0.05, 0) is 55.2 Å². The lowest BCUT2D eigenvalue weighted by molar-refractivity contribution is -0.384. The summed E-state index contributed by atoms with van der Waals surface area (Å²) in [4.78, 5) is 22.4. The molecule has 0 radical (unpaired) electrons. The fourth-order valence-electron chi connectivity index (χ4n) is 2.54. The Bertz CT molecular complexity index is 769. The summed E-state index contributed by atoms with van der Waals surface area (Å²) in [5.41, 5.74) is 2.83. The fourth-order valence-corrected chi connectivity index (χ4v) is 2.54. The number of aryl methyl sites for hydroxylation is 1. The van der Waals surface area contributed by atoms with E-state index in [1.807, 2.05) is 25.1 Å². The van der Waals surface area contributed by atoms with Crippen LogP contribution in [0.25, 0.3) is 0 Å². The minimum absolute atomic E-state index is 0.0250. The summed E-state index contributed by atoms with van der Waals surface area (Å²) in [5.74, 6) is 0.740. The number of carbonyl (C=O) groups excluding carboxylic acids is 1. The van der Waals surface area contributed by atoms with Crippen LogP contribution in [0.1, 0.15) is 37.8 Å². The Morgan fingerprint density at radius 2 is 1.76 bits per heavy atom. The first-order chi connectivity index (χ1) is 11.8. The van der Waals surface area contributed by atoms with E-state index >= 15 is 0 Å². The Hall–Kier alpha value is -2.89. The van der Waals surface area contributed by atoms with Gasteiger partial charge in [0.2, 0.25) is 0 Å². The number of rotatable bonds is 6. The first-order valence-electron chi connectivity index (χ1n) is 8.10. The van der Waals surface area contributed by atoms with Crippen molar-refractivity contribution >= 4 is 17.3 Å². The van der Waals surface area contributed by atoms with Crippen molar-refractivity contribution in [1.82, 2.24) is 0 Å². The molecule has 1 amide bonds. The van der Waals surface area contributed by atoms with Crippen LogP contribution in [0, 0.1) is 17.0 Å². The van der Waals surface area contributed by atoms with Crippen LogP contribution in [0.4, 0.5) is 11.4 Å². The molecular weight excluding hydrogens is 320 g/mol. The molecule has 1 N–H and O–H groups in total. The highest BCUT2D eigenvalue weighted by atomic mass is 16.6. The van der Waals surface area contributed by atoms with Crippen LogP contribution in [-0.2, 0) is 4.79 Å². The zero-order chi connectivity index (χ0) is 18.6. The summed E-state index contributed by atoms with van der Waals surface area (Å²) < 4.78 is 5.71. The molecule has 0 fully saturated rings. The highest BCUT2D eigenvalue weighted by Crippen LogP contribution is 2.24. The number of amides is 1. The second kappa shape index (κ2) is 7.79. The maximum absolute atomic E-state index is 12.2. The van der Waals surface area contributed by atoms with Gasteiger partial charge in [0.15, 0.2) is 6.10 Å². The number of nitro benzene ring substituents is 1. The van der Waals surface area contributed by atoms with Crippen molar-refractivity contribution in [2.45, 2.75) is 39.7 Å². The molecular formula is C19H22N2O4. The molecule has 6 nitrogen and oxygen atoms in total. The van der Waals surface area contributed by atoms with Gasteiger partial charge in [0.1, 0.15) is 5.75 Å². The molecule has 0 aliphatic rings. The quantitative estimate of drug-likeness (QED) is 0.622. The highest BCUT2D eigenvalue weighted by molar-refractivity contribution is 5.94. The number of benzene rings is 2. The van der Waals surface area contributed by atoms with Crippen LogP contribution in [0.2, 0.25) is 0 Å². The normalized spacial score (nSPS) is 11.9. The van der Waals surface area contributed by atoms with Gasteiger partial charge in [-0.25, -0.2) is 0 Å². The lowest BCUT2D eigenvalue weighted by Gasteiger charge is -2.17. The number of nitro groups is 1. The number of nitrogens with zero attached hydrogens (tertiary/aromatic N) is 1. The first-order valence-corrected chi connectivity index (χ1v) is 8.10. The van der Waals surface area contributed by atoms with Gasteiger partial charge in [0.05, 0.1) is 4.92 Å². The molecule has 25 heavy (non-hydrogen) atoms. The molecule has 0 aromatic heterocycles. The summed E-state index contributed by atoms with van der Waals surface area (Å²) in [5, 5.41) is 13.3. The van der Waals surface area contributed by atoms with E-state index in [1.165, 1.54) is 29.8 Å². The van der Waals surface area contributed by atoms with E-state index in [2.05, 4.69) is 19.2 Å². The van der Waals surface area contributed by atoms with Crippen molar-refractivity contribution < 1.29 is 14.5 Å². The van der Waals surface area contributed by atoms with Gasteiger partial charge in [0.25, 0.3) is 11.6 Å². The Morgan fingerprint density at radius 3 is 2.28 bits per heavy atom. The van der Waals surface area contributed by atoms with E-state index in [1.54, 1.807) is 6.92 Å². The van der Waals surface area contributed by atoms with Crippen LogP contribution in [0.15, 0.2) is 42.5 Å². The lowest BCUT2D eigenvalue weighted by atomic mass is 9.98. The van der Waals surface area contributed by atoms with E-state index in [0.29, 0.717) is 17.4 Å². The van der Waals surface area contributed by atoms with Gasteiger partial charge in [-0.15, -0.1) is 0 Å². The van der Waals surface area contributed by atoms with Crippen molar-refractivity contribution in [2.75, 3.05) is 5.32 Å². The van der Waals surface area contributed by atoms with Gasteiger partial charge in [-0.2, -0.15) is 0 Å². The van der Waals surface area contributed by atoms with Crippen molar-refractivity contribution in [3.05, 3.63) is 63.7 Å². The van der Waals surface area contributed by atoms with Gasteiger partial charge >= 0.3 is 0 Å². The largest absolute Gasteiger partial charge is 0.481 e. The number of ether oxygens (including phenoxy) is 1. The molecule has 6 heteroatoms. The summed E-state index contributed by atoms with van der Waals surface area (Å²) in [7, 11) is 0.